The normalized spacial score (nSPS) is 20.2. The largest absolute Gasteiger partial charge is 0.497 e. The Morgan fingerprint density at radius 1 is 1.12 bits per heavy atom. The van der Waals surface area contributed by atoms with Gasteiger partial charge in [0.2, 0.25) is 0 Å². The van der Waals surface area contributed by atoms with E-state index in [1.165, 1.54) is 0 Å². The molecule has 1 aliphatic heterocycles. The van der Waals surface area contributed by atoms with Crippen LogP contribution in [-0.4, -0.2) is 38.9 Å². The fourth-order valence-electron chi connectivity index (χ4n) is 3.19. The molecule has 1 heterocycles. The van der Waals surface area contributed by atoms with Gasteiger partial charge in [-0.15, -0.1) is 0 Å². The molecular formula is C19H26O6. The number of carbonyl (C=O) groups is 2. The zero-order valence-electron chi connectivity index (χ0n) is 15.0. The quantitative estimate of drug-likeness (QED) is 0.556. The SMILES string of the molecule is CCOC(=O)C(C(=O)OCC)C1CCCOC1c1ccc(OC)cc1. The van der Waals surface area contributed by atoms with Crippen molar-refractivity contribution in [2.45, 2.75) is 32.8 Å². The Labute approximate surface area is 148 Å². The Kier molecular flexibility index (Phi) is 7.25. The Hall–Kier alpha value is -2.08. The Balaban J connectivity index is 2.30. The first-order valence-electron chi connectivity index (χ1n) is 8.71. The lowest BCUT2D eigenvalue weighted by Crippen LogP contribution is -2.40. The number of carbonyl (C=O) groups excluding carboxylic acids is 2. The van der Waals surface area contributed by atoms with E-state index in [0.29, 0.717) is 13.0 Å². The van der Waals surface area contributed by atoms with Crippen LogP contribution in [0.1, 0.15) is 38.4 Å². The first-order chi connectivity index (χ1) is 12.1. The summed E-state index contributed by atoms with van der Waals surface area (Å²) in [4.78, 5) is 24.9. The molecule has 1 saturated heterocycles. The average Bonchev–Trinajstić information content (AvgIpc) is 2.63. The molecule has 6 heteroatoms. The van der Waals surface area contributed by atoms with E-state index in [-0.39, 0.29) is 25.2 Å². The van der Waals surface area contributed by atoms with Gasteiger partial charge in [0.15, 0.2) is 5.92 Å². The fraction of sp³-hybridized carbons (Fsp3) is 0.579. The summed E-state index contributed by atoms with van der Waals surface area (Å²) in [5.41, 5.74) is 0.907. The van der Waals surface area contributed by atoms with Gasteiger partial charge in [0.1, 0.15) is 5.75 Å². The van der Waals surface area contributed by atoms with Crippen molar-refractivity contribution in [3.63, 3.8) is 0 Å². The third-order valence-electron chi connectivity index (χ3n) is 4.32. The molecule has 0 radical (unpaired) electrons. The molecule has 25 heavy (non-hydrogen) atoms. The van der Waals surface area contributed by atoms with Crippen LogP contribution in [0.25, 0.3) is 0 Å². The van der Waals surface area contributed by atoms with E-state index >= 15 is 0 Å². The van der Waals surface area contributed by atoms with Gasteiger partial charge in [0.25, 0.3) is 0 Å². The molecule has 0 N–H and O–H groups in total. The summed E-state index contributed by atoms with van der Waals surface area (Å²) < 4.78 is 21.4. The summed E-state index contributed by atoms with van der Waals surface area (Å²) in [5.74, 6) is -1.65. The van der Waals surface area contributed by atoms with Gasteiger partial charge >= 0.3 is 11.9 Å². The predicted molar refractivity (Wildman–Crippen MR) is 91.2 cm³/mol. The second-order valence-corrected chi connectivity index (χ2v) is 5.85. The molecule has 1 aliphatic rings. The van der Waals surface area contributed by atoms with E-state index in [2.05, 4.69) is 0 Å². The van der Waals surface area contributed by atoms with E-state index in [1.807, 2.05) is 24.3 Å². The summed E-state index contributed by atoms with van der Waals surface area (Å²) >= 11 is 0. The van der Waals surface area contributed by atoms with Crippen LogP contribution in [0.4, 0.5) is 0 Å². The lowest BCUT2D eigenvalue weighted by molar-refractivity contribution is -0.170. The van der Waals surface area contributed by atoms with Crippen molar-refractivity contribution in [2.75, 3.05) is 26.9 Å². The van der Waals surface area contributed by atoms with Crippen molar-refractivity contribution in [1.82, 2.24) is 0 Å². The van der Waals surface area contributed by atoms with Gasteiger partial charge in [0.05, 0.1) is 26.4 Å². The number of ether oxygens (including phenoxy) is 4. The molecule has 2 unspecified atom stereocenters. The molecule has 1 aromatic carbocycles. The zero-order valence-corrected chi connectivity index (χ0v) is 15.0. The van der Waals surface area contributed by atoms with Crippen molar-refractivity contribution in [1.29, 1.82) is 0 Å². The van der Waals surface area contributed by atoms with E-state index in [1.54, 1.807) is 21.0 Å². The number of hydrogen-bond donors (Lipinski definition) is 0. The van der Waals surface area contributed by atoms with Crippen LogP contribution >= 0.6 is 0 Å². The lowest BCUT2D eigenvalue weighted by atomic mass is 9.79. The molecule has 0 saturated carbocycles. The maximum Gasteiger partial charge on any atom is 0.320 e. The molecule has 0 bridgehead atoms. The van der Waals surface area contributed by atoms with Gasteiger partial charge in [-0.3, -0.25) is 9.59 Å². The van der Waals surface area contributed by atoms with Gasteiger partial charge < -0.3 is 18.9 Å². The Bertz CT molecular complexity index is 550. The fourth-order valence-corrected chi connectivity index (χ4v) is 3.19. The zero-order chi connectivity index (χ0) is 18.2. The first kappa shape index (κ1) is 19.2. The second kappa shape index (κ2) is 9.42. The lowest BCUT2D eigenvalue weighted by Gasteiger charge is -2.35. The van der Waals surface area contributed by atoms with Crippen molar-refractivity contribution >= 4 is 11.9 Å². The molecule has 138 valence electrons. The highest BCUT2D eigenvalue weighted by Crippen LogP contribution is 2.40. The van der Waals surface area contributed by atoms with Crippen LogP contribution in [-0.2, 0) is 23.8 Å². The van der Waals surface area contributed by atoms with Crippen LogP contribution in [0.5, 0.6) is 5.75 Å². The number of esters is 2. The van der Waals surface area contributed by atoms with Gasteiger partial charge in [-0.05, 0) is 44.4 Å². The second-order valence-electron chi connectivity index (χ2n) is 5.85. The minimum absolute atomic E-state index is 0.218. The van der Waals surface area contributed by atoms with E-state index < -0.39 is 17.9 Å². The first-order valence-corrected chi connectivity index (χ1v) is 8.71. The molecule has 6 nitrogen and oxygen atoms in total. The molecule has 1 aromatic rings. The highest BCUT2D eigenvalue weighted by Gasteiger charge is 2.43. The minimum Gasteiger partial charge on any atom is -0.497 e. The maximum atomic E-state index is 12.4. The summed E-state index contributed by atoms with van der Waals surface area (Å²) in [6.07, 6.45) is 1.12. The molecule has 2 atom stereocenters. The van der Waals surface area contributed by atoms with Gasteiger partial charge in [-0.1, -0.05) is 12.1 Å². The Morgan fingerprint density at radius 2 is 1.72 bits per heavy atom. The third-order valence-corrected chi connectivity index (χ3v) is 4.32. The van der Waals surface area contributed by atoms with E-state index in [0.717, 1.165) is 17.7 Å². The third kappa shape index (κ3) is 4.72. The number of methoxy groups -OCH3 is 1. The molecule has 0 aliphatic carbocycles. The summed E-state index contributed by atoms with van der Waals surface area (Å²) in [6, 6.07) is 7.48. The average molecular weight is 350 g/mol. The van der Waals surface area contributed by atoms with Crippen molar-refractivity contribution in [3.8, 4) is 5.75 Å². The van der Waals surface area contributed by atoms with Gasteiger partial charge in [0, 0.05) is 12.5 Å². The van der Waals surface area contributed by atoms with Crippen LogP contribution in [0.2, 0.25) is 0 Å². The standard InChI is InChI=1S/C19H26O6/c1-4-23-18(20)16(19(21)24-5-2)15-7-6-12-25-17(15)13-8-10-14(22-3)11-9-13/h8-11,15-17H,4-7,12H2,1-3H3. The van der Waals surface area contributed by atoms with Crippen molar-refractivity contribution < 1.29 is 28.5 Å². The number of rotatable bonds is 7. The van der Waals surface area contributed by atoms with E-state index in [9.17, 15) is 9.59 Å². The summed E-state index contributed by atoms with van der Waals surface area (Å²) in [6.45, 7) is 4.47. The van der Waals surface area contributed by atoms with Crippen LogP contribution in [0.3, 0.4) is 0 Å². The van der Waals surface area contributed by atoms with Crippen molar-refractivity contribution in [3.05, 3.63) is 29.8 Å². The predicted octanol–water partition coefficient (Wildman–Crippen LogP) is 2.91. The highest BCUT2D eigenvalue weighted by molar-refractivity contribution is 5.95. The smallest absolute Gasteiger partial charge is 0.320 e. The van der Waals surface area contributed by atoms with Crippen molar-refractivity contribution in [2.24, 2.45) is 11.8 Å². The van der Waals surface area contributed by atoms with Gasteiger partial charge in [-0.25, -0.2) is 0 Å². The Morgan fingerprint density at radius 3 is 2.24 bits per heavy atom. The molecule has 0 spiro atoms. The number of hydrogen-bond acceptors (Lipinski definition) is 6. The molecule has 2 rings (SSSR count). The summed E-state index contributed by atoms with van der Waals surface area (Å²) in [5, 5.41) is 0. The van der Waals surface area contributed by atoms with Crippen LogP contribution in [0.15, 0.2) is 24.3 Å². The summed E-state index contributed by atoms with van der Waals surface area (Å²) in [7, 11) is 1.60. The van der Waals surface area contributed by atoms with E-state index in [4.69, 9.17) is 18.9 Å². The maximum absolute atomic E-state index is 12.4. The minimum atomic E-state index is -0.979. The molecular weight excluding hydrogens is 324 g/mol. The van der Waals surface area contributed by atoms with Gasteiger partial charge in [-0.2, -0.15) is 0 Å². The van der Waals surface area contributed by atoms with Crippen LogP contribution < -0.4 is 4.74 Å². The monoisotopic (exact) mass is 350 g/mol. The topological polar surface area (TPSA) is 71.1 Å². The molecule has 0 amide bonds. The molecule has 0 aromatic heterocycles. The highest BCUT2D eigenvalue weighted by atomic mass is 16.6. The van der Waals surface area contributed by atoms with Crippen LogP contribution in [0, 0.1) is 11.8 Å². The number of benzene rings is 1. The molecule has 1 fully saturated rings.